The highest BCUT2D eigenvalue weighted by Gasteiger charge is 2.44. The van der Waals surface area contributed by atoms with Crippen LogP contribution in [0.1, 0.15) is 125 Å². The molecule has 6 rings (SSSR count). The first-order chi connectivity index (χ1) is 24.9. The zero-order chi connectivity index (χ0) is 36.9. The predicted molar refractivity (Wildman–Crippen MR) is 208 cm³/mol. The number of hydrogen-bond acceptors (Lipinski definition) is 7. The van der Waals surface area contributed by atoms with Crippen molar-refractivity contribution in [2.75, 3.05) is 18.0 Å². The Balaban J connectivity index is 1.08. The maximum absolute atomic E-state index is 13.7. The van der Waals surface area contributed by atoms with Gasteiger partial charge in [0.25, 0.3) is 5.91 Å². The molecule has 1 saturated heterocycles. The fourth-order valence-electron chi connectivity index (χ4n) is 8.64. The van der Waals surface area contributed by atoms with E-state index < -0.39 is 23.5 Å². The number of aromatic nitrogens is 2. The molecule has 0 unspecified atom stereocenters. The van der Waals surface area contributed by atoms with E-state index in [2.05, 4.69) is 43.2 Å². The molecule has 10 heteroatoms. The van der Waals surface area contributed by atoms with Gasteiger partial charge in [0.2, 0.25) is 5.91 Å². The molecule has 3 aromatic rings. The monoisotopic (exact) mass is 727 g/mol. The highest BCUT2D eigenvalue weighted by molar-refractivity contribution is 7.14. The maximum atomic E-state index is 13.7. The van der Waals surface area contributed by atoms with Gasteiger partial charge in [0.05, 0.1) is 23.0 Å². The minimum absolute atomic E-state index is 0.105. The van der Waals surface area contributed by atoms with Gasteiger partial charge in [-0.1, -0.05) is 90.5 Å². The molecule has 1 atom stereocenters. The fourth-order valence-corrected chi connectivity index (χ4v) is 9.61. The number of benzene rings is 1. The first-order valence-corrected chi connectivity index (χ1v) is 20.4. The number of aliphatic carboxylic acids is 1. The van der Waals surface area contributed by atoms with E-state index in [1.807, 2.05) is 42.7 Å². The number of carboxylic acids is 1. The Labute approximate surface area is 313 Å². The Morgan fingerprint density at radius 2 is 1.56 bits per heavy atom. The van der Waals surface area contributed by atoms with Crippen LogP contribution in [0.5, 0.6) is 0 Å². The number of thiophene rings is 1. The number of piperidine rings is 1. The lowest BCUT2D eigenvalue weighted by Crippen LogP contribution is -2.58. The van der Waals surface area contributed by atoms with Crippen LogP contribution in [0.3, 0.4) is 0 Å². The SMILES string of the molecule is CCC[C@H]1CC[C@H](C2CCN(c3cnc(-c4ccc(C[C@H](NC(=O)c5ccc(C(C)(C)C)s5)C(=O)NC5(C(=O)O)CCCC5)cc4)nc3)CC2)CC1. The number of carbonyl (C=O) groups excluding carboxylic acids is 2. The van der Waals surface area contributed by atoms with Gasteiger partial charge in [-0.25, -0.2) is 14.8 Å². The average molecular weight is 728 g/mol. The van der Waals surface area contributed by atoms with Crippen LogP contribution < -0.4 is 15.5 Å². The molecule has 1 aromatic carbocycles. The summed E-state index contributed by atoms with van der Waals surface area (Å²) in [6.45, 7) is 10.7. The summed E-state index contributed by atoms with van der Waals surface area (Å²) in [6, 6.07) is 10.5. The Hall–Kier alpha value is -3.79. The quantitative estimate of drug-likeness (QED) is 0.172. The third-order valence-electron chi connectivity index (χ3n) is 11.9. The van der Waals surface area contributed by atoms with Crippen molar-refractivity contribution < 1.29 is 19.5 Å². The van der Waals surface area contributed by atoms with Crippen LogP contribution >= 0.6 is 11.3 Å². The van der Waals surface area contributed by atoms with E-state index in [1.165, 1.54) is 62.7 Å². The lowest BCUT2D eigenvalue weighted by atomic mass is 9.72. The number of amides is 2. The summed E-state index contributed by atoms with van der Waals surface area (Å²) in [7, 11) is 0. The van der Waals surface area contributed by atoms with Crippen LogP contribution in [0.25, 0.3) is 11.4 Å². The van der Waals surface area contributed by atoms with Crippen LogP contribution in [0.2, 0.25) is 0 Å². The molecule has 9 nitrogen and oxygen atoms in total. The molecule has 2 aliphatic carbocycles. The molecule has 3 N–H and O–H groups in total. The molecule has 52 heavy (non-hydrogen) atoms. The summed E-state index contributed by atoms with van der Waals surface area (Å²) < 4.78 is 0. The predicted octanol–water partition coefficient (Wildman–Crippen LogP) is 8.18. The Kier molecular flexibility index (Phi) is 12.0. The summed E-state index contributed by atoms with van der Waals surface area (Å²) in [5.74, 6) is 1.46. The van der Waals surface area contributed by atoms with Crippen LogP contribution in [-0.4, -0.2) is 57.5 Å². The van der Waals surface area contributed by atoms with E-state index >= 15 is 0 Å². The number of rotatable bonds is 12. The van der Waals surface area contributed by atoms with Gasteiger partial charge in [0.15, 0.2) is 5.82 Å². The van der Waals surface area contributed by atoms with Gasteiger partial charge in [-0.3, -0.25) is 9.59 Å². The largest absolute Gasteiger partial charge is 0.480 e. The molecule has 2 saturated carbocycles. The zero-order valence-electron chi connectivity index (χ0n) is 31.5. The minimum Gasteiger partial charge on any atom is -0.480 e. The number of nitrogens with zero attached hydrogens (tertiary/aromatic N) is 3. The highest BCUT2D eigenvalue weighted by atomic mass is 32.1. The van der Waals surface area contributed by atoms with Gasteiger partial charge in [0.1, 0.15) is 11.6 Å². The van der Waals surface area contributed by atoms with Crippen molar-refractivity contribution in [1.82, 2.24) is 20.6 Å². The van der Waals surface area contributed by atoms with E-state index in [1.54, 1.807) is 6.07 Å². The van der Waals surface area contributed by atoms with Gasteiger partial charge < -0.3 is 20.6 Å². The molecule has 3 fully saturated rings. The Bertz CT molecular complexity index is 1660. The molecule has 3 heterocycles. The summed E-state index contributed by atoms with van der Waals surface area (Å²) in [5, 5.41) is 15.8. The summed E-state index contributed by atoms with van der Waals surface area (Å²) in [6.07, 6.45) is 17.1. The van der Waals surface area contributed by atoms with Crippen LogP contribution in [0, 0.1) is 17.8 Å². The standard InChI is InChI=1S/C42H57N5O4S/c1-5-8-28-9-13-30(14-10-28)31-19-23-47(24-20-31)33-26-43-37(44-27-33)32-15-11-29(12-16-32)25-34(38(48)46-42(40(50)51)21-6-7-22-42)45-39(49)35-17-18-36(52-35)41(2,3)4/h11-12,15-18,26-28,30-31,34H,5-10,13-14,19-25H2,1-4H3,(H,45,49)(H,46,48)(H,50,51)/t28-,30-,34-/m0/s1. The van der Waals surface area contributed by atoms with Crippen molar-refractivity contribution >= 4 is 34.8 Å². The second-order valence-electron chi connectivity index (χ2n) is 16.6. The first kappa shape index (κ1) is 38.0. The summed E-state index contributed by atoms with van der Waals surface area (Å²) in [4.78, 5) is 52.8. The van der Waals surface area contributed by atoms with Crippen molar-refractivity contribution in [3.8, 4) is 11.4 Å². The van der Waals surface area contributed by atoms with Crippen LogP contribution in [-0.2, 0) is 21.4 Å². The molecule has 1 aliphatic heterocycles. The zero-order valence-corrected chi connectivity index (χ0v) is 32.3. The molecule has 280 valence electrons. The van der Waals surface area contributed by atoms with E-state index in [4.69, 9.17) is 9.97 Å². The van der Waals surface area contributed by atoms with Crippen LogP contribution in [0.4, 0.5) is 5.69 Å². The smallest absolute Gasteiger partial charge is 0.329 e. The minimum atomic E-state index is -1.31. The van der Waals surface area contributed by atoms with Gasteiger partial charge in [-0.15, -0.1) is 11.3 Å². The second-order valence-corrected chi connectivity index (χ2v) is 17.7. The molecule has 0 radical (unpaired) electrons. The normalized spacial score (nSPS) is 21.4. The van der Waals surface area contributed by atoms with Gasteiger partial charge in [-0.2, -0.15) is 0 Å². The molecule has 2 aromatic heterocycles. The molecular weight excluding hydrogens is 671 g/mol. The Morgan fingerprint density at radius 3 is 2.13 bits per heavy atom. The molecule has 0 bridgehead atoms. The van der Waals surface area contributed by atoms with Crippen molar-refractivity contribution in [2.24, 2.45) is 17.8 Å². The number of anilines is 1. The van der Waals surface area contributed by atoms with Crippen LogP contribution in [0.15, 0.2) is 48.8 Å². The van der Waals surface area contributed by atoms with Crippen molar-refractivity contribution in [3.05, 3.63) is 64.1 Å². The third-order valence-corrected chi connectivity index (χ3v) is 13.4. The molecule has 3 aliphatic rings. The average Bonchev–Trinajstić information content (AvgIpc) is 3.84. The van der Waals surface area contributed by atoms with Gasteiger partial charge >= 0.3 is 5.97 Å². The van der Waals surface area contributed by atoms with Crippen molar-refractivity contribution in [2.45, 2.75) is 128 Å². The Morgan fingerprint density at radius 1 is 0.923 bits per heavy atom. The maximum Gasteiger partial charge on any atom is 0.329 e. The van der Waals surface area contributed by atoms with Crippen molar-refractivity contribution in [3.63, 3.8) is 0 Å². The number of hydrogen-bond donors (Lipinski definition) is 3. The van der Waals surface area contributed by atoms with Crippen molar-refractivity contribution in [1.29, 1.82) is 0 Å². The number of nitrogens with one attached hydrogen (secondary N) is 2. The van der Waals surface area contributed by atoms with Gasteiger partial charge in [-0.05, 0) is 79.4 Å². The summed E-state index contributed by atoms with van der Waals surface area (Å²) in [5.41, 5.74) is 1.35. The second kappa shape index (κ2) is 16.5. The lowest BCUT2D eigenvalue weighted by Gasteiger charge is -2.39. The third kappa shape index (κ3) is 9.04. The van der Waals surface area contributed by atoms with E-state index in [0.717, 1.165) is 65.4 Å². The molecule has 0 spiro atoms. The number of carbonyl (C=O) groups is 3. The fraction of sp³-hybridized carbons (Fsp3) is 0.595. The van der Waals surface area contributed by atoms with Gasteiger partial charge in [0, 0.05) is 30.0 Å². The van der Waals surface area contributed by atoms with E-state index in [9.17, 15) is 19.5 Å². The first-order valence-electron chi connectivity index (χ1n) is 19.6. The topological polar surface area (TPSA) is 125 Å². The van der Waals surface area contributed by atoms with E-state index in [-0.39, 0.29) is 17.7 Å². The summed E-state index contributed by atoms with van der Waals surface area (Å²) >= 11 is 1.41. The highest BCUT2D eigenvalue weighted by Crippen LogP contribution is 2.40. The lowest BCUT2D eigenvalue weighted by molar-refractivity contribution is -0.147. The number of carboxylic acid groups (broad SMARTS) is 1. The molecule has 2 amide bonds. The van der Waals surface area contributed by atoms with E-state index in [0.29, 0.717) is 23.5 Å². The molecular formula is C42H57N5O4S.